The minimum Gasteiger partial charge on any atom is -0.369 e. The van der Waals surface area contributed by atoms with E-state index in [1.165, 1.54) is 25.7 Å². The number of hydrazine groups is 1. The number of nitrogens with two attached hydrogens (primary N) is 1. The fraction of sp³-hybridized carbons (Fsp3) is 0.667. The van der Waals surface area contributed by atoms with Crippen LogP contribution in [-0.4, -0.2) is 16.5 Å². The Morgan fingerprint density at radius 1 is 1.33 bits per heavy atom. The van der Waals surface area contributed by atoms with Crippen LogP contribution in [0.3, 0.4) is 0 Å². The predicted octanol–water partition coefficient (Wildman–Crippen LogP) is 2.37. The van der Waals surface area contributed by atoms with Gasteiger partial charge in [-0.1, -0.05) is 0 Å². The number of nitrogens with one attached hydrogen (secondary N) is 2. The van der Waals surface area contributed by atoms with E-state index in [9.17, 15) is 0 Å². The van der Waals surface area contributed by atoms with Crippen molar-refractivity contribution < 1.29 is 0 Å². The van der Waals surface area contributed by atoms with E-state index < -0.39 is 0 Å². The van der Waals surface area contributed by atoms with Crippen molar-refractivity contribution in [1.82, 2.24) is 9.97 Å². The molecule has 98 valence electrons. The van der Waals surface area contributed by atoms with Crippen LogP contribution in [0.2, 0.25) is 0 Å². The number of aromatic nitrogens is 2. The maximum absolute atomic E-state index is 5.32. The average Bonchev–Trinajstić information content (AvgIpc) is 3.25. The third-order valence-electron chi connectivity index (χ3n) is 3.83. The van der Waals surface area contributed by atoms with Gasteiger partial charge in [0.25, 0.3) is 0 Å². The Morgan fingerprint density at radius 2 is 2.00 bits per heavy atom. The maximum Gasteiger partial charge on any atom is 0.239 e. The van der Waals surface area contributed by atoms with Gasteiger partial charge in [-0.2, -0.15) is 4.98 Å². The summed E-state index contributed by atoms with van der Waals surface area (Å²) in [5.41, 5.74) is 2.47. The molecule has 0 unspecified atom stereocenters. The fourth-order valence-corrected chi connectivity index (χ4v) is 2.87. The first-order valence-electron chi connectivity index (χ1n) is 6.51. The maximum atomic E-state index is 5.32. The summed E-state index contributed by atoms with van der Waals surface area (Å²) in [6, 6.07) is 0. The number of hydrogen-bond acceptors (Lipinski definition) is 5. The molecule has 0 bridgehead atoms. The number of anilines is 2. The molecule has 6 heteroatoms. The lowest BCUT2D eigenvalue weighted by molar-refractivity contribution is 0.427. The second kappa shape index (κ2) is 5.01. The van der Waals surface area contributed by atoms with Crippen molar-refractivity contribution in [2.75, 3.05) is 17.3 Å². The normalized spacial score (nSPS) is 19.1. The standard InChI is InChI=1S/C12H18BrN5/c13-10-6-16-12(18-14)17-11(10)15-5-9(7-1-2-7)8-3-4-8/h6-9H,1-5,14H2,(H2,15,16,17,18). The van der Waals surface area contributed by atoms with Gasteiger partial charge in [0.2, 0.25) is 5.95 Å². The Morgan fingerprint density at radius 3 is 2.56 bits per heavy atom. The van der Waals surface area contributed by atoms with Crippen molar-refractivity contribution in [2.45, 2.75) is 25.7 Å². The second-order valence-electron chi connectivity index (χ2n) is 5.25. The number of hydrogen-bond donors (Lipinski definition) is 3. The molecule has 0 atom stereocenters. The highest BCUT2D eigenvalue weighted by atomic mass is 79.9. The first-order chi connectivity index (χ1) is 8.78. The molecule has 1 aromatic heterocycles. The highest BCUT2D eigenvalue weighted by Crippen LogP contribution is 2.49. The molecule has 0 saturated heterocycles. The van der Waals surface area contributed by atoms with E-state index in [1.54, 1.807) is 6.20 Å². The lowest BCUT2D eigenvalue weighted by Gasteiger charge is -2.17. The van der Waals surface area contributed by atoms with Gasteiger partial charge in [-0.05, 0) is 59.4 Å². The summed E-state index contributed by atoms with van der Waals surface area (Å²) in [6.07, 6.45) is 7.34. The molecule has 2 saturated carbocycles. The van der Waals surface area contributed by atoms with Crippen molar-refractivity contribution in [1.29, 1.82) is 0 Å². The van der Waals surface area contributed by atoms with Crippen LogP contribution in [0.1, 0.15) is 25.7 Å². The van der Waals surface area contributed by atoms with Gasteiger partial charge in [0.1, 0.15) is 5.82 Å². The number of nitrogen functional groups attached to an aromatic ring is 1. The summed E-state index contributed by atoms with van der Waals surface area (Å²) in [7, 11) is 0. The molecule has 2 aliphatic rings. The van der Waals surface area contributed by atoms with Crippen LogP contribution in [0.5, 0.6) is 0 Å². The van der Waals surface area contributed by atoms with Crippen molar-refractivity contribution in [2.24, 2.45) is 23.6 Å². The number of nitrogens with zero attached hydrogens (tertiary/aromatic N) is 2. The summed E-state index contributed by atoms with van der Waals surface area (Å²) in [6.45, 7) is 1.01. The summed E-state index contributed by atoms with van der Waals surface area (Å²) < 4.78 is 0.881. The molecule has 5 nitrogen and oxygen atoms in total. The third kappa shape index (κ3) is 2.75. The van der Waals surface area contributed by atoms with Crippen LogP contribution >= 0.6 is 15.9 Å². The van der Waals surface area contributed by atoms with Gasteiger partial charge in [0.15, 0.2) is 0 Å². The Labute approximate surface area is 115 Å². The van der Waals surface area contributed by atoms with Crippen LogP contribution in [0.4, 0.5) is 11.8 Å². The van der Waals surface area contributed by atoms with Crippen LogP contribution in [0, 0.1) is 17.8 Å². The predicted molar refractivity (Wildman–Crippen MR) is 75.0 cm³/mol. The Kier molecular flexibility index (Phi) is 3.39. The SMILES string of the molecule is NNc1ncc(Br)c(NCC(C2CC2)C2CC2)n1. The lowest BCUT2D eigenvalue weighted by atomic mass is 9.98. The van der Waals surface area contributed by atoms with Gasteiger partial charge < -0.3 is 5.32 Å². The van der Waals surface area contributed by atoms with E-state index in [-0.39, 0.29) is 0 Å². The van der Waals surface area contributed by atoms with Crippen LogP contribution in [0.15, 0.2) is 10.7 Å². The molecule has 0 spiro atoms. The van der Waals surface area contributed by atoms with Crippen LogP contribution < -0.4 is 16.6 Å². The zero-order valence-corrected chi connectivity index (χ0v) is 11.8. The highest BCUT2D eigenvalue weighted by molar-refractivity contribution is 9.10. The quantitative estimate of drug-likeness (QED) is 0.555. The van der Waals surface area contributed by atoms with E-state index in [4.69, 9.17) is 5.84 Å². The van der Waals surface area contributed by atoms with Gasteiger partial charge in [0.05, 0.1) is 4.47 Å². The van der Waals surface area contributed by atoms with Gasteiger partial charge in [-0.15, -0.1) is 0 Å². The van der Waals surface area contributed by atoms with Crippen molar-refractivity contribution in [3.8, 4) is 0 Å². The molecule has 1 aromatic rings. The lowest BCUT2D eigenvalue weighted by Crippen LogP contribution is -2.20. The molecule has 0 radical (unpaired) electrons. The largest absolute Gasteiger partial charge is 0.369 e. The third-order valence-corrected chi connectivity index (χ3v) is 4.41. The van der Waals surface area contributed by atoms with Crippen molar-refractivity contribution in [3.05, 3.63) is 10.7 Å². The zero-order valence-electron chi connectivity index (χ0n) is 10.2. The van der Waals surface area contributed by atoms with E-state index in [2.05, 4.69) is 36.6 Å². The summed E-state index contributed by atoms with van der Waals surface area (Å²) in [5, 5.41) is 3.44. The Bertz CT molecular complexity index is 418. The van der Waals surface area contributed by atoms with E-state index >= 15 is 0 Å². The molecule has 2 fully saturated rings. The number of halogens is 1. The Balaban J connectivity index is 1.64. The summed E-state index contributed by atoms with van der Waals surface area (Å²) in [5.74, 6) is 9.29. The summed E-state index contributed by atoms with van der Waals surface area (Å²) >= 11 is 3.46. The average molecular weight is 312 g/mol. The molecule has 3 rings (SSSR count). The second-order valence-corrected chi connectivity index (χ2v) is 6.11. The first-order valence-corrected chi connectivity index (χ1v) is 7.30. The van der Waals surface area contributed by atoms with Gasteiger partial charge in [-0.3, -0.25) is 5.43 Å². The minimum absolute atomic E-state index is 0.440. The highest BCUT2D eigenvalue weighted by Gasteiger charge is 2.41. The van der Waals surface area contributed by atoms with E-state index in [1.807, 2.05) is 0 Å². The molecule has 1 heterocycles. The minimum atomic E-state index is 0.440. The molecular weight excluding hydrogens is 294 g/mol. The molecule has 0 aromatic carbocycles. The van der Waals surface area contributed by atoms with Crippen LogP contribution in [0.25, 0.3) is 0 Å². The smallest absolute Gasteiger partial charge is 0.239 e. The Hall–Kier alpha value is -0.880. The zero-order chi connectivity index (χ0) is 12.5. The van der Waals surface area contributed by atoms with Gasteiger partial charge in [0, 0.05) is 12.7 Å². The summed E-state index contributed by atoms with van der Waals surface area (Å²) in [4.78, 5) is 8.36. The molecule has 4 N–H and O–H groups in total. The van der Waals surface area contributed by atoms with Crippen molar-refractivity contribution in [3.63, 3.8) is 0 Å². The van der Waals surface area contributed by atoms with Gasteiger partial charge in [-0.25, -0.2) is 10.8 Å². The molecular formula is C12H18BrN5. The van der Waals surface area contributed by atoms with E-state index in [0.717, 1.165) is 34.6 Å². The van der Waals surface area contributed by atoms with Gasteiger partial charge >= 0.3 is 0 Å². The number of rotatable bonds is 6. The molecule has 0 aliphatic heterocycles. The van der Waals surface area contributed by atoms with Crippen LogP contribution in [-0.2, 0) is 0 Å². The molecule has 18 heavy (non-hydrogen) atoms. The molecule has 0 amide bonds. The molecule has 2 aliphatic carbocycles. The topological polar surface area (TPSA) is 75.9 Å². The van der Waals surface area contributed by atoms with E-state index in [0.29, 0.717) is 5.95 Å². The monoisotopic (exact) mass is 311 g/mol. The van der Waals surface area contributed by atoms with Crippen molar-refractivity contribution >= 4 is 27.7 Å². The fourth-order valence-electron chi connectivity index (χ4n) is 2.54. The first kappa shape index (κ1) is 12.2.